The number of hydrogen-bond acceptors (Lipinski definition) is 7. The van der Waals surface area contributed by atoms with Gasteiger partial charge in [-0.3, -0.25) is 0 Å². The van der Waals surface area contributed by atoms with Crippen molar-refractivity contribution < 1.29 is 9.84 Å². The largest absolute Gasteiger partial charge is 0.508 e. The number of hydrogen-bond donors (Lipinski definition) is 2. The highest BCUT2D eigenvalue weighted by molar-refractivity contribution is 5.66. The van der Waals surface area contributed by atoms with E-state index in [2.05, 4.69) is 15.1 Å². The maximum absolute atomic E-state index is 9.86. The van der Waals surface area contributed by atoms with E-state index < -0.39 is 0 Å². The molecule has 0 aliphatic carbocycles. The lowest BCUT2D eigenvalue weighted by Crippen LogP contribution is -2.38. The van der Waals surface area contributed by atoms with Gasteiger partial charge in [-0.25, -0.2) is 4.98 Å². The Balaban J connectivity index is 1.73. The predicted octanol–water partition coefficient (Wildman–Crippen LogP) is 1.49. The first-order chi connectivity index (χ1) is 12.8. The van der Waals surface area contributed by atoms with Crippen LogP contribution in [0.1, 0.15) is 6.42 Å². The smallest absolute Gasteiger partial charge is 0.228 e. The van der Waals surface area contributed by atoms with Gasteiger partial charge in [-0.2, -0.15) is 4.98 Å². The van der Waals surface area contributed by atoms with E-state index in [1.54, 1.807) is 12.1 Å². The minimum absolute atomic E-state index is 0.245. The molecule has 2 aliphatic heterocycles. The standard InChI is InChI=1S/C19H25N5O2/c25-16-4-1-3-15(13-16)17-14-18(23-7-2-5-20-6-8-23)22-19(21-17)24-9-11-26-12-10-24/h1,3-4,13-14,20,25H,2,5-12H2. The van der Waals surface area contributed by atoms with Crippen molar-refractivity contribution >= 4 is 11.8 Å². The van der Waals surface area contributed by atoms with Crippen molar-refractivity contribution in [1.82, 2.24) is 15.3 Å². The average molecular weight is 355 g/mol. The van der Waals surface area contributed by atoms with Gasteiger partial charge >= 0.3 is 0 Å². The van der Waals surface area contributed by atoms with Gasteiger partial charge in [0.1, 0.15) is 11.6 Å². The van der Waals surface area contributed by atoms with E-state index in [-0.39, 0.29) is 5.75 Å². The molecule has 0 spiro atoms. The SMILES string of the molecule is Oc1cccc(-c2cc(N3CCCNCC3)nc(N3CCOCC3)n2)c1. The van der Waals surface area contributed by atoms with E-state index >= 15 is 0 Å². The second-order valence-corrected chi connectivity index (χ2v) is 6.65. The summed E-state index contributed by atoms with van der Waals surface area (Å²) in [6, 6.07) is 9.27. The van der Waals surface area contributed by atoms with Crippen molar-refractivity contribution in [2.24, 2.45) is 0 Å². The van der Waals surface area contributed by atoms with Crippen LogP contribution in [-0.2, 0) is 4.74 Å². The van der Waals surface area contributed by atoms with Crippen molar-refractivity contribution in [3.8, 4) is 17.0 Å². The van der Waals surface area contributed by atoms with Gasteiger partial charge in [0.2, 0.25) is 5.95 Å². The van der Waals surface area contributed by atoms with E-state index in [0.717, 1.165) is 68.7 Å². The Morgan fingerprint density at radius 2 is 1.85 bits per heavy atom. The number of rotatable bonds is 3. The molecule has 2 fully saturated rings. The van der Waals surface area contributed by atoms with Gasteiger partial charge in [0.15, 0.2) is 0 Å². The van der Waals surface area contributed by atoms with Crippen LogP contribution < -0.4 is 15.1 Å². The molecular weight excluding hydrogens is 330 g/mol. The molecule has 0 amide bonds. The molecule has 1 aromatic carbocycles. The van der Waals surface area contributed by atoms with Gasteiger partial charge in [0.25, 0.3) is 0 Å². The Hall–Kier alpha value is -2.38. The molecule has 7 heteroatoms. The molecule has 7 nitrogen and oxygen atoms in total. The fourth-order valence-electron chi connectivity index (χ4n) is 3.38. The normalized spacial score (nSPS) is 18.6. The summed E-state index contributed by atoms with van der Waals surface area (Å²) in [6.07, 6.45) is 1.10. The summed E-state index contributed by atoms with van der Waals surface area (Å²) in [7, 11) is 0. The highest BCUT2D eigenvalue weighted by Crippen LogP contribution is 2.27. The Morgan fingerprint density at radius 1 is 0.962 bits per heavy atom. The Morgan fingerprint density at radius 3 is 2.69 bits per heavy atom. The van der Waals surface area contributed by atoms with Gasteiger partial charge < -0.3 is 25.0 Å². The first kappa shape index (κ1) is 17.1. The Labute approximate surface area is 153 Å². The summed E-state index contributed by atoms with van der Waals surface area (Å²) in [6.45, 7) is 6.89. The van der Waals surface area contributed by atoms with Crippen molar-refractivity contribution in [1.29, 1.82) is 0 Å². The summed E-state index contributed by atoms with van der Waals surface area (Å²) in [5.41, 5.74) is 1.74. The van der Waals surface area contributed by atoms with Gasteiger partial charge in [-0.15, -0.1) is 0 Å². The molecule has 0 radical (unpaired) electrons. The van der Waals surface area contributed by atoms with Gasteiger partial charge in [-0.1, -0.05) is 12.1 Å². The third-order valence-electron chi connectivity index (χ3n) is 4.80. The molecule has 2 aromatic rings. The lowest BCUT2D eigenvalue weighted by Gasteiger charge is -2.29. The van der Waals surface area contributed by atoms with E-state index in [9.17, 15) is 5.11 Å². The Bertz CT molecular complexity index is 740. The fraction of sp³-hybridized carbons (Fsp3) is 0.474. The van der Waals surface area contributed by atoms with E-state index in [1.807, 2.05) is 18.2 Å². The zero-order valence-electron chi connectivity index (χ0n) is 14.9. The van der Waals surface area contributed by atoms with Crippen molar-refractivity contribution in [3.63, 3.8) is 0 Å². The molecule has 3 heterocycles. The summed E-state index contributed by atoms with van der Waals surface area (Å²) in [5, 5.41) is 13.3. The maximum Gasteiger partial charge on any atom is 0.228 e. The highest BCUT2D eigenvalue weighted by atomic mass is 16.5. The molecule has 1 aromatic heterocycles. The Kier molecular flexibility index (Phi) is 5.17. The number of morpholine rings is 1. The van der Waals surface area contributed by atoms with Gasteiger partial charge in [0.05, 0.1) is 18.9 Å². The molecule has 0 saturated carbocycles. The predicted molar refractivity (Wildman–Crippen MR) is 102 cm³/mol. The number of nitrogens with zero attached hydrogens (tertiary/aromatic N) is 4. The van der Waals surface area contributed by atoms with Crippen LogP contribution in [0.15, 0.2) is 30.3 Å². The first-order valence-corrected chi connectivity index (χ1v) is 9.26. The van der Waals surface area contributed by atoms with Crippen LogP contribution >= 0.6 is 0 Å². The van der Waals surface area contributed by atoms with Crippen LogP contribution in [0, 0.1) is 0 Å². The lowest BCUT2D eigenvalue weighted by atomic mass is 10.1. The van der Waals surface area contributed by atoms with E-state index in [1.165, 1.54) is 0 Å². The third kappa shape index (κ3) is 3.89. The number of ether oxygens (including phenoxy) is 1. The summed E-state index contributed by atoms with van der Waals surface area (Å²) >= 11 is 0. The monoisotopic (exact) mass is 355 g/mol. The number of phenolic OH excluding ortho intramolecular Hbond substituents is 1. The molecule has 0 atom stereocenters. The molecule has 138 valence electrons. The van der Waals surface area contributed by atoms with Crippen molar-refractivity contribution in [3.05, 3.63) is 30.3 Å². The highest BCUT2D eigenvalue weighted by Gasteiger charge is 2.19. The summed E-state index contributed by atoms with van der Waals surface area (Å²) in [4.78, 5) is 14.2. The van der Waals surface area contributed by atoms with Crippen LogP contribution in [0.25, 0.3) is 11.3 Å². The zero-order valence-corrected chi connectivity index (χ0v) is 14.9. The van der Waals surface area contributed by atoms with E-state index in [0.29, 0.717) is 13.2 Å². The van der Waals surface area contributed by atoms with Gasteiger partial charge in [0, 0.05) is 44.4 Å². The second-order valence-electron chi connectivity index (χ2n) is 6.65. The molecule has 2 saturated heterocycles. The lowest BCUT2D eigenvalue weighted by molar-refractivity contribution is 0.122. The average Bonchev–Trinajstić information content (AvgIpc) is 2.98. The van der Waals surface area contributed by atoms with Crippen molar-refractivity contribution in [2.75, 3.05) is 62.3 Å². The molecule has 2 N–H and O–H groups in total. The molecule has 2 aliphatic rings. The molecule has 4 rings (SSSR count). The first-order valence-electron chi connectivity index (χ1n) is 9.26. The molecule has 0 unspecified atom stereocenters. The minimum Gasteiger partial charge on any atom is -0.508 e. The number of phenols is 1. The third-order valence-corrected chi connectivity index (χ3v) is 4.80. The topological polar surface area (TPSA) is 73.8 Å². The van der Waals surface area contributed by atoms with Crippen LogP contribution in [0.2, 0.25) is 0 Å². The maximum atomic E-state index is 9.86. The molecule has 0 bridgehead atoms. The van der Waals surface area contributed by atoms with Crippen molar-refractivity contribution in [2.45, 2.75) is 6.42 Å². The van der Waals surface area contributed by atoms with Crippen LogP contribution in [-0.4, -0.2) is 67.6 Å². The number of aromatic hydroxyl groups is 1. The quantitative estimate of drug-likeness (QED) is 0.864. The van der Waals surface area contributed by atoms with Gasteiger partial charge in [-0.05, 0) is 25.1 Å². The number of benzene rings is 1. The summed E-state index contributed by atoms with van der Waals surface area (Å²) in [5.74, 6) is 1.93. The second kappa shape index (κ2) is 7.88. The van der Waals surface area contributed by atoms with Crippen LogP contribution in [0.5, 0.6) is 5.75 Å². The molecular formula is C19H25N5O2. The van der Waals surface area contributed by atoms with Crippen LogP contribution in [0.4, 0.5) is 11.8 Å². The number of nitrogens with one attached hydrogen (secondary N) is 1. The fourth-order valence-corrected chi connectivity index (χ4v) is 3.38. The zero-order chi connectivity index (χ0) is 17.8. The number of aromatic nitrogens is 2. The minimum atomic E-state index is 0.245. The van der Waals surface area contributed by atoms with Crippen LogP contribution in [0.3, 0.4) is 0 Å². The number of anilines is 2. The van der Waals surface area contributed by atoms with E-state index in [4.69, 9.17) is 14.7 Å². The molecule has 26 heavy (non-hydrogen) atoms. The summed E-state index contributed by atoms with van der Waals surface area (Å²) < 4.78 is 5.47.